The molecule has 1 atom stereocenters. The fourth-order valence-electron chi connectivity index (χ4n) is 8.63. The highest BCUT2D eigenvalue weighted by atomic mass is 14.8. The van der Waals surface area contributed by atoms with Crippen LogP contribution in [0.5, 0.6) is 0 Å². The largest absolute Gasteiger partial charge is 0.309 e. The number of aryl methyl sites for hydroxylation is 1. The maximum Gasteiger partial charge on any atom is 0.0719 e. The van der Waals surface area contributed by atoms with E-state index in [0.29, 0.717) is 5.92 Å². The fourth-order valence-corrected chi connectivity index (χ4v) is 8.63. The molecule has 1 unspecified atom stereocenters. The van der Waals surface area contributed by atoms with Crippen molar-refractivity contribution in [1.29, 1.82) is 0 Å². The molecule has 238 valence electrons. The van der Waals surface area contributed by atoms with E-state index in [9.17, 15) is 0 Å². The molecule has 0 bridgehead atoms. The Hall–Kier alpha value is -5.24. The van der Waals surface area contributed by atoms with Crippen LogP contribution in [-0.4, -0.2) is 0 Å². The minimum Gasteiger partial charge on any atom is -0.309 e. The molecular formula is C48H41N. The summed E-state index contributed by atoms with van der Waals surface area (Å²) >= 11 is 0. The van der Waals surface area contributed by atoms with Crippen LogP contribution in [0.4, 0.5) is 0 Å². The summed E-state index contributed by atoms with van der Waals surface area (Å²) in [5, 5.41) is 6.24. The zero-order valence-corrected chi connectivity index (χ0v) is 28.1. The summed E-state index contributed by atoms with van der Waals surface area (Å²) in [4.78, 5) is 0. The van der Waals surface area contributed by atoms with Gasteiger partial charge in [-0.15, -0.1) is 0 Å². The van der Waals surface area contributed by atoms with Gasteiger partial charge in [0.25, 0.3) is 0 Å². The van der Waals surface area contributed by atoms with E-state index in [1.807, 2.05) is 0 Å². The molecule has 7 aromatic carbocycles. The number of rotatable bonds is 8. The molecule has 0 amide bonds. The van der Waals surface area contributed by atoms with Crippen molar-refractivity contribution >= 4 is 10.8 Å². The second-order valence-corrected chi connectivity index (χ2v) is 14.1. The predicted octanol–water partition coefficient (Wildman–Crippen LogP) is 11.7. The van der Waals surface area contributed by atoms with Crippen LogP contribution >= 0.6 is 0 Å². The third-order valence-electron chi connectivity index (χ3n) is 11.2. The molecule has 0 saturated heterocycles. The van der Waals surface area contributed by atoms with Crippen molar-refractivity contribution in [1.82, 2.24) is 5.32 Å². The molecule has 0 radical (unpaired) electrons. The topological polar surface area (TPSA) is 12.0 Å². The lowest BCUT2D eigenvalue weighted by molar-refractivity contribution is 0.415. The number of hydrogen-bond acceptors (Lipinski definition) is 1. The Morgan fingerprint density at radius 3 is 1.96 bits per heavy atom. The molecule has 0 spiro atoms. The quantitative estimate of drug-likeness (QED) is 0.176. The summed E-state index contributed by atoms with van der Waals surface area (Å²) in [7, 11) is 0. The lowest BCUT2D eigenvalue weighted by Crippen LogP contribution is -2.32. The minimum absolute atomic E-state index is 0.433. The van der Waals surface area contributed by atoms with Gasteiger partial charge in [0.15, 0.2) is 0 Å². The Labute approximate surface area is 290 Å². The van der Waals surface area contributed by atoms with Gasteiger partial charge in [-0.1, -0.05) is 140 Å². The van der Waals surface area contributed by atoms with Crippen LogP contribution in [0.3, 0.4) is 0 Å². The van der Waals surface area contributed by atoms with Gasteiger partial charge in [0.2, 0.25) is 0 Å². The second kappa shape index (κ2) is 12.3. The zero-order valence-electron chi connectivity index (χ0n) is 28.1. The van der Waals surface area contributed by atoms with Crippen molar-refractivity contribution in [2.75, 3.05) is 0 Å². The molecule has 1 saturated carbocycles. The van der Waals surface area contributed by atoms with Crippen LogP contribution < -0.4 is 5.32 Å². The average molecular weight is 632 g/mol. The molecule has 1 N–H and O–H groups in total. The number of hydrogen-bond donors (Lipinski definition) is 1. The Morgan fingerprint density at radius 2 is 1.16 bits per heavy atom. The van der Waals surface area contributed by atoms with E-state index in [1.54, 1.807) is 0 Å². The van der Waals surface area contributed by atoms with Gasteiger partial charge in [0.1, 0.15) is 0 Å². The van der Waals surface area contributed by atoms with Crippen molar-refractivity contribution in [3.63, 3.8) is 0 Å². The third-order valence-corrected chi connectivity index (χ3v) is 11.2. The Morgan fingerprint density at radius 1 is 0.510 bits per heavy atom. The third kappa shape index (κ3) is 5.04. The first-order valence-corrected chi connectivity index (χ1v) is 17.9. The van der Waals surface area contributed by atoms with Crippen molar-refractivity contribution in [3.05, 3.63) is 202 Å². The van der Waals surface area contributed by atoms with Crippen LogP contribution in [0.2, 0.25) is 0 Å². The lowest BCUT2D eigenvalue weighted by Gasteiger charge is -2.39. The fraction of sp³-hybridized carbons (Fsp3) is 0.167. The molecule has 1 fully saturated rings. The van der Waals surface area contributed by atoms with Crippen LogP contribution in [-0.2, 0) is 18.5 Å². The van der Waals surface area contributed by atoms with E-state index in [4.69, 9.17) is 0 Å². The Kier molecular flexibility index (Phi) is 7.52. The van der Waals surface area contributed by atoms with Crippen LogP contribution in [0, 0.1) is 6.92 Å². The van der Waals surface area contributed by atoms with Gasteiger partial charge >= 0.3 is 0 Å². The molecule has 9 rings (SSSR count). The summed E-state index contributed by atoms with van der Waals surface area (Å²) in [5.74, 6) is 0.605. The SMILES string of the molecule is Cc1ccccc1C1(c2ccccc2C2CCC2)c2cc(-c3cccc(CNCc4ccccc4)c3)ccc2-c2cc3ccccc3cc21. The van der Waals surface area contributed by atoms with Crippen LogP contribution in [0.15, 0.2) is 158 Å². The van der Waals surface area contributed by atoms with Crippen molar-refractivity contribution in [2.24, 2.45) is 0 Å². The van der Waals surface area contributed by atoms with Gasteiger partial charge < -0.3 is 5.32 Å². The molecule has 7 aromatic rings. The van der Waals surface area contributed by atoms with Gasteiger partial charge in [0, 0.05) is 13.1 Å². The monoisotopic (exact) mass is 631 g/mol. The normalized spacial score (nSPS) is 16.7. The minimum atomic E-state index is -0.433. The summed E-state index contributed by atoms with van der Waals surface area (Å²) in [6.07, 6.45) is 3.85. The van der Waals surface area contributed by atoms with E-state index in [2.05, 4.69) is 170 Å². The Balaban J connectivity index is 1.25. The van der Waals surface area contributed by atoms with E-state index >= 15 is 0 Å². The highest BCUT2D eigenvalue weighted by Crippen LogP contribution is 2.60. The van der Waals surface area contributed by atoms with E-state index in [-0.39, 0.29) is 0 Å². The molecule has 0 aliphatic heterocycles. The lowest BCUT2D eigenvalue weighted by atomic mass is 9.62. The van der Waals surface area contributed by atoms with Gasteiger partial charge in [-0.3, -0.25) is 0 Å². The van der Waals surface area contributed by atoms with Gasteiger partial charge in [-0.05, 0) is 127 Å². The number of nitrogens with one attached hydrogen (secondary N) is 1. The summed E-state index contributed by atoms with van der Waals surface area (Å²) < 4.78 is 0. The summed E-state index contributed by atoms with van der Waals surface area (Å²) in [6, 6.07) is 59.4. The molecule has 1 heteroatoms. The van der Waals surface area contributed by atoms with Crippen molar-refractivity contribution in [2.45, 2.75) is 50.6 Å². The molecule has 0 aromatic heterocycles. The molecule has 2 aliphatic rings. The Bertz CT molecular complexity index is 2310. The first-order valence-electron chi connectivity index (χ1n) is 17.9. The van der Waals surface area contributed by atoms with Gasteiger partial charge in [-0.2, -0.15) is 0 Å². The molecule has 49 heavy (non-hydrogen) atoms. The van der Waals surface area contributed by atoms with Crippen LogP contribution in [0.25, 0.3) is 33.0 Å². The zero-order chi connectivity index (χ0) is 32.8. The maximum atomic E-state index is 3.66. The number of fused-ring (bicyclic) bond motifs is 4. The molecule has 0 heterocycles. The smallest absolute Gasteiger partial charge is 0.0719 e. The molecular weight excluding hydrogens is 591 g/mol. The molecule has 1 nitrogen and oxygen atoms in total. The highest BCUT2D eigenvalue weighted by Gasteiger charge is 2.48. The highest BCUT2D eigenvalue weighted by molar-refractivity contribution is 5.97. The van der Waals surface area contributed by atoms with Gasteiger partial charge in [0.05, 0.1) is 5.41 Å². The second-order valence-electron chi connectivity index (χ2n) is 14.1. The van der Waals surface area contributed by atoms with Crippen LogP contribution in [0.1, 0.15) is 69.7 Å². The first kappa shape index (κ1) is 29.9. The first-order chi connectivity index (χ1) is 24.2. The number of benzene rings is 7. The van der Waals surface area contributed by atoms with Gasteiger partial charge in [-0.25, -0.2) is 0 Å². The van der Waals surface area contributed by atoms with E-state index in [1.165, 1.54) is 96.8 Å². The van der Waals surface area contributed by atoms with Crippen molar-refractivity contribution in [3.8, 4) is 22.3 Å². The summed E-state index contributed by atoms with van der Waals surface area (Å²) in [5.41, 5.74) is 15.8. The van der Waals surface area contributed by atoms with Crippen molar-refractivity contribution < 1.29 is 0 Å². The summed E-state index contributed by atoms with van der Waals surface area (Å²) in [6.45, 7) is 3.99. The van der Waals surface area contributed by atoms with E-state index in [0.717, 1.165) is 13.1 Å². The maximum absolute atomic E-state index is 3.66. The average Bonchev–Trinajstić information content (AvgIpc) is 3.40. The predicted molar refractivity (Wildman–Crippen MR) is 205 cm³/mol. The molecule has 2 aliphatic carbocycles. The standard InChI is InChI=1S/C48H41N/c1-33-13-5-9-23-44(33)48(45-24-10-8-22-41(45)36-19-12-20-36)46-30-40(25-26-42(46)43-28-38-17-6-7-18-39(38)29-47(43)48)37-21-11-16-35(27-37)32-49-31-34-14-3-2-4-15-34/h2-11,13-18,21-30,36,49H,12,19-20,31-32H2,1H3. The van der Waals surface area contributed by atoms with E-state index < -0.39 is 5.41 Å².